The summed E-state index contributed by atoms with van der Waals surface area (Å²) in [7, 11) is 0. The number of alkyl halides is 3. The Bertz CT molecular complexity index is 550. The first kappa shape index (κ1) is 13.3. The average molecular weight is 272 g/mol. The summed E-state index contributed by atoms with van der Waals surface area (Å²) < 4.78 is 42.2. The third kappa shape index (κ3) is 3.21. The lowest BCUT2D eigenvalue weighted by molar-refractivity contribution is -0.141. The summed E-state index contributed by atoms with van der Waals surface area (Å²) in [5, 5.41) is 9.43. The highest BCUT2D eigenvalue weighted by Crippen LogP contribution is 2.27. The van der Waals surface area contributed by atoms with Crippen molar-refractivity contribution in [1.29, 1.82) is 0 Å². The molecule has 5 nitrogen and oxygen atoms in total. The molecule has 2 aromatic rings. The first-order valence-electron chi connectivity index (χ1n) is 5.46. The normalized spacial score (nSPS) is 13.3. The number of hydrogen-bond donors (Lipinski definition) is 1. The van der Waals surface area contributed by atoms with E-state index in [4.69, 9.17) is 4.42 Å². The fourth-order valence-corrected chi connectivity index (χ4v) is 1.42. The van der Waals surface area contributed by atoms with Crippen molar-refractivity contribution >= 4 is 5.82 Å². The van der Waals surface area contributed by atoms with Crippen molar-refractivity contribution in [3.63, 3.8) is 0 Å². The van der Waals surface area contributed by atoms with Gasteiger partial charge in [0.2, 0.25) is 5.89 Å². The fraction of sp³-hybridized carbons (Fsp3) is 0.364. The van der Waals surface area contributed by atoms with Crippen LogP contribution in [0.4, 0.5) is 19.0 Å². The maximum atomic E-state index is 12.3. The van der Waals surface area contributed by atoms with E-state index in [0.717, 1.165) is 6.07 Å². The number of aromatic nitrogens is 3. The molecule has 0 radical (unpaired) electrons. The Morgan fingerprint density at radius 3 is 2.47 bits per heavy atom. The minimum atomic E-state index is -4.49. The van der Waals surface area contributed by atoms with Gasteiger partial charge in [0.25, 0.3) is 0 Å². The number of rotatable bonds is 3. The summed E-state index contributed by atoms with van der Waals surface area (Å²) in [6.07, 6.45) is -2.93. The van der Waals surface area contributed by atoms with Gasteiger partial charge in [0, 0.05) is 0 Å². The standard InChI is InChI=1S/C11H11F3N4O/c1-6-5-15-10(19-6)7(2)16-9-4-3-8(17-18-9)11(12,13)14/h3-5,7H,1-2H3,(H,16,18)/t7-/m0/s1. The topological polar surface area (TPSA) is 63.8 Å². The van der Waals surface area contributed by atoms with Gasteiger partial charge in [-0.15, -0.1) is 10.2 Å². The molecular weight excluding hydrogens is 261 g/mol. The molecule has 2 aromatic heterocycles. The zero-order valence-electron chi connectivity index (χ0n) is 10.2. The van der Waals surface area contributed by atoms with Crippen LogP contribution in [0.25, 0.3) is 0 Å². The number of halogens is 3. The molecule has 0 unspecified atom stereocenters. The van der Waals surface area contributed by atoms with Gasteiger partial charge in [-0.1, -0.05) is 0 Å². The molecule has 1 atom stereocenters. The lowest BCUT2D eigenvalue weighted by atomic mass is 10.3. The number of nitrogens with one attached hydrogen (secondary N) is 1. The molecule has 2 heterocycles. The van der Waals surface area contributed by atoms with E-state index in [1.165, 1.54) is 6.07 Å². The van der Waals surface area contributed by atoms with Crippen LogP contribution in [-0.4, -0.2) is 15.2 Å². The van der Waals surface area contributed by atoms with Gasteiger partial charge in [0.1, 0.15) is 17.6 Å². The van der Waals surface area contributed by atoms with Crippen LogP contribution in [0.5, 0.6) is 0 Å². The van der Waals surface area contributed by atoms with E-state index in [0.29, 0.717) is 11.7 Å². The van der Waals surface area contributed by atoms with Gasteiger partial charge >= 0.3 is 6.18 Å². The summed E-state index contributed by atoms with van der Waals surface area (Å²) in [4.78, 5) is 4.01. The zero-order valence-corrected chi connectivity index (χ0v) is 10.2. The molecule has 0 saturated heterocycles. The molecule has 0 aliphatic rings. The second kappa shape index (κ2) is 4.87. The van der Waals surface area contributed by atoms with Crippen molar-refractivity contribution in [3.05, 3.63) is 35.7 Å². The lowest BCUT2D eigenvalue weighted by Gasteiger charge is -2.11. The first-order valence-corrected chi connectivity index (χ1v) is 5.46. The molecule has 0 saturated carbocycles. The molecule has 8 heteroatoms. The van der Waals surface area contributed by atoms with E-state index in [2.05, 4.69) is 20.5 Å². The second-order valence-electron chi connectivity index (χ2n) is 3.98. The highest BCUT2D eigenvalue weighted by Gasteiger charge is 2.32. The minimum absolute atomic E-state index is 0.219. The second-order valence-corrected chi connectivity index (χ2v) is 3.98. The van der Waals surface area contributed by atoms with Crippen molar-refractivity contribution in [2.45, 2.75) is 26.1 Å². The summed E-state index contributed by atoms with van der Waals surface area (Å²) in [6.45, 7) is 3.51. The first-order chi connectivity index (χ1) is 8.86. The molecule has 0 aliphatic carbocycles. The maximum Gasteiger partial charge on any atom is 0.435 e. The quantitative estimate of drug-likeness (QED) is 0.930. The van der Waals surface area contributed by atoms with Gasteiger partial charge in [0.05, 0.1) is 6.20 Å². The van der Waals surface area contributed by atoms with Crippen LogP contribution < -0.4 is 5.32 Å². The molecule has 0 fully saturated rings. The monoisotopic (exact) mass is 272 g/mol. The number of anilines is 1. The van der Waals surface area contributed by atoms with Gasteiger partial charge in [-0.05, 0) is 26.0 Å². The third-order valence-corrected chi connectivity index (χ3v) is 2.33. The highest BCUT2D eigenvalue weighted by molar-refractivity contribution is 5.35. The molecule has 1 N–H and O–H groups in total. The Balaban J connectivity index is 2.07. The Hall–Kier alpha value is -2.12. The average Bonchev–Trinajstić information content (AvgIpc) is 2.75. The van der Waals surface area contributed by atoms with Crippen LogP contribution in [0, 0.1) is 6.92 Å². The molecule has 0 amide bonds. The summed E-state index contributed by atoms with van der Waals surface area (Å²) in [5.74, 6) is 1.30. The highest BCUT2D eigenvalue weighted by atomic mass is 19.4. The molecule has 0 aromatic carbocycles. The SMILES string of the molecule is Cc1cnc([C@H](C)Nc2ccc(C(F)(F)F)nn2)o1. The van der Waals surface area contributed by atoms with Crippen LogP contribution >= 0.6 is 0 Å². The predicted octanol–water partition coefficient (Wildman–Crippen LogP) is 2.96. The van der Waals surface area contributed by atoms with E-state index in [1.807, 2.05) is 0 Å². The maximum absolute atomic E-state index is 12.3. The van der Waals surface area contributed by atoms with Crippen molar-refractivity contribution in [2.24, 2.45) is 0 Å². The van der Waals surface area contributed by atoms with Gasteiger partial charge in [-0.3, -0.25) is 0 Å². The molecule has 0 bridgehead atoms. The Morgan fingerprint density at radius 1 is 1.26 bits per heavy atom. The van der Waals surface area contributed by atoms with Crippen molar-refractivity contribution in [2.75, 3.05) is 5.32 Å². The van der Waals surface area contributed by atoms with Gasteiger partial charge in [-0.25, -0.2) is 4.98 Å². The Morgan fingerprint density at radius 2 is 2.00 bits per heavy atom. The van der Waals surface area contributed by atoms with Crippen LogP contribution in [-0.2, 0) is 6.18 Å². The minimum Gasteiger partial charge on any atom is -0.444 e. The largest absolute Gasteiger partial charge is 0.444 e. The Labute approximate surface area is 106 Å². The molecule has 0 aliphatic heterocycles. The zero-order chi connectivity index (χ0) is 14.0. The predicted molar refractivity (Wildman–Crippen MR) is 60.3 cm³/mol. The van der Waals surface area contributed by atoms with E-state index in [-0.39, 0.29) is 11.9 Å². The lowest BCUT2D eigenvalue weighted by Crippen LogP contribution is -2.12. The number of nitrogens with zero attached hydrogens (tertiary/aromatic N) is 3. The Kier molecular flexibility index (Phi) is 3.41. The van der Waals surface area contributed by atoms with Crippen molar-refractivity contribution < 1.29 is 17.6 Å². The van der Waals surface area contributed by atoms with Crippen LogP contribution in [0.2, 0.25) is 0 Å². The van der Waals surface area contributed by atoms with Crippen LogP contribution in [0.15, 0.2) is 22.7 Å². The van der Waals surface area contributed by atoms with Gasteiger partial charge < -0.3 is 9.73 Å². The summed E-state index contributed by atoms with van der Waals surface area (Å²) in [6, 6.07) is 1.75. The molecule has 19 heavy (non-hydrogen) atoms. The summed E-state index contributed by atoms with van der Waals surface area (Å²) >= 11 is 0. The van der Waals surface area contributed by atoms with Crippen molar-refractivity contribution in [1.82, 2.24) is 15.2 Å². The van der Waals surface area contributed by atoms with Crippen molar-refractivity contribution in [3.8, 4) is 0 Å². The summed E-state index contributed by atoms with van der Waals surface area (Å²) in [5.41, 5.74) is -1.03. The number of aryl methyl sites for hydroxylation is 1. The van der Waals surface area contributed by atoms with E-state index < -0.39 is 11.9 Å². The van der Waals surface area contributed by atoms with E-state index in [1.54, 1.807) is 20.0 Å². The molecule has 2 rings (SSSR count). The smallest absolute Gasteiger partial charge is 0.435 e. The molecular formula is C11H11F3N4O. The van der Waals surface area contributed by atoms with E-state index >= 15 is 0 Å². The molecule has 0 spiro atoms. The molecule has 102 valence electrons. The number of oxazole rings is 1. The van der Waals surface area contributed by atoms with E-state index in [9.17, 15) is 13.2 Å². The third-order valence-electron chi connectivity index (χ3n) is 2.33. The van der Waals surface area contributed by atoms with Crippen LogP contribution in [0.3, 0.4) is 0 Å². The fourth-order valence-electron chi connectivity index (χ4n) is 1.42. The number of hydrogen-bond acceptors (Lipinski definition) is 5. The van der Waals surface area contributed by atoms with Crippen LogP contribution in [0.1, 0.15) is 30.3 Å². The van der Waals surface area contributed by atoms with Gasteiger partial charge in [0.15, 0.2) is 5.69 Å². The van der Waals surface area contributed by atoms with Gasteiger partial charge in [-0.2, -0.15) is 13.2 Å².